The van der Waals surface area contributed by atoms with Crippen LogP contribution in [0.2, 0.25) is 5.02 Å². The quantitative estimate of drug-likeness (QED) is 0.864. The molecule has 0 radical (unpaired) electrons. The third-order valence-corrected chi connectivity index (χ3v) is 4.66. The fourth-order valence-electron chi connectivity index (χ4n) is 2.22. The van der Waals surface area contributed by atoms with E-state index in [9.17, 15) is 0 Å². The van der Waals surface area contributed by atoms with Crippen LogP contribution in [0.5, 0.6) is 0 Å². The first-order valence-corrected chi connectivity index (χ1v) is 7.99. The van der Waals surface area contributed by atoms with Gasteiger partial charge in [-0.25, -0.2) is 0 Å². The molecule has 1 heterocycles. The summed E-state index contributed by atoms with van der Waals surface area (Å²) >= 11 is 7.80. The van der Waals surface area contributed by atoms with Crippen molar-refractivity contribution in [2.24, 2.45) is 0 Å². The lowest BCUT2D eigenvalue weighted by atomic mass is 10.1. The van der Waals surface area contributed by atoms with Gasteiger partial charge in [0.1, 0.15) is 0 Å². The zero-order chi connectivity index (χ0) is 14.5. The van der Waals surface area contributed by atoms with Crippen molar-refractivity contribution in [1.29, 1.82) is 0 Å². The molecule has 1 N–H and O–H groups in total. The van der Waals surface area contributed by atoms with Gasteiger partial charge in [-0.1, -0.05) is 23.7 Å². The van der Waals surface area contributed by atoms with Crippen LogP contribution in [-0.2, 0) is 6.54 Å². The van der Waals surface area contributed by atoms with E-state index >= 15 is 0 Å². The number of benzene rings is 1. The van der Waals surface area contributed by atoms with E-state index in [2.05, 4.69) is 54.8 Å². The summed E-state index contributed by atoms with van der Waals surface area (Å²) in [4.78, 5) is 3.66. The number of hydrogen-bond donors (Lipinski definition) is 1. The summed E-state index contributed by atoms with van der Waals surface area (Å²) in [6.07, 6.45) is 0. The van der Waals surface area contributed by atoms with Gasteiger partial charge >= 0.3 is 0 Å². The highest BCUT2D eigenvalue weighted by atomic mass is 35.5. The molecule has 1 unspecified atom stereocenters. The molecule has 20 heavy (non-hydrogen) atoms. The summed E-state index contributed by atoms with van der Waals surface area (Å²) in [7, 11) is 4.25. The molecule has 1 aromatic carbocycles. The number of nitrogens with one attached hydrogen (secondary N) is 1. The topological polar surface area (TPSA) is 15.3 Å². The van der Waals surface area contributed by atoms with E-state index in [1.807, 2.05) is 23.5 Å². The minimum absolute atomic E-state index is 0.419. The number of likely N-dealkylation sites (N-methyl/N-ethyl adjacent to an activating group) is 1. The van der Waals surface area contributed by atoms with E-state index in [1.54, 1.807) is 0 Å². The van der Waals surface area contributed by atoms with Gasteiger partial charge in [-0.3, -0.25) is 0 Å². The minimum Gasteiger partial charge on any atom is -0.311 e. The molecular formula is C16H21ClN2S. The number of rotatable bonds is 6. The summed E-state index contributed by atoms with van der Waals surface area (Å²) in [5, 5.41) is 6.49. The van der Waals surface area contributed by atoms with Crippen LogP contribution in [0.4, 0.5) is 0 Å². The summed E-state index contributed by atoms with van der Waals surface area (Å²) in [6.45, 7) is 3.92. The zero-order valence-electron chi connectivity index (χ0n) is 12.2. The molecule has 2 nitrogen and oxygen atoms in total. The highest BCUT2D eigenvalue weighted by Gasteiger charge is 2.14. The van der Waals surface area contributed by atoms with E-state index in [-0.39, 0.29) is 0 Å². The van der Waals surface area contributed by atoms with Crippen molar-refractivity contribution < 1.29 is 0 Å². The van der Waals surface area contributed by atoms with Crippen molar-refractivity contribution in [3.63, 3.8) is 0 Å². The molecule has 0 saturated carbocycles. The molecule has 0 fully saturated rings. The summed E-state index contributed by atoms with van der Waals surface area (Å²) < 4.78 is 0. The molecule has 0 aliphatic rings. The van der Waals surface area contributed by atoms with Crippen molar-refractivity contribution in [1.82, 2.24) is 10.2 Å². The average molecular weight is 309 g/mol. The standard InChI is InChI=1S/C16H21ClN2S/c1-12-9-14(17)7-6-13(12)10-18-11-15(19(2)3)16-5-4-8-20-16/h4-9,15,18H,10-11H2,1-3H3. The number of hydrogen-bond acceptors (Lipinski definition) is 3. The van der Waals surface area contributed by atoms with Gasteiger partial charge in [-0.2, -0.15) is 0 Å². The van der Waals surface area contributed by atoms with Crippen LogP contribution in [-0.4, -0.2) is 25.5 Å². The second-order valence-corrected chi connectivity index (χ2v) is 6.61. The number of aryl methyl sites for hydroxylation is 1. The second kappa shape index (κ2) is 7.23. The predicted molar refractivity (Wildman–Crippen MR) is 88.6 cm³/mol. The maximum Gasteiger partial charge on any atom is 0.0561 e. The van der Waals surface area contributed by atoms with E-state index in [0.717, 1.165) is 18.1 Å². The highest BCUT2D eigenvalue weighted by Crippen LogP contribution is 2.22. The Balaban J connectivity index is 1.94. The van der Waals surface area contributed by atoms with Crippen LogP contribution in [0.1, 0.15) is 22.0 Å². The number of thiophene rings is 1. The van der Waals surface area contributed by atoms with Gasteiger partial charge in [0.2, 0.25) is 0 Å². The zero-order valence-corrected chi connectivity index (χ0v) is 13.8. The predicted octanol–water partition coefficient (Wildman–Crippen LogP) is 4.10. The molecule has 0 amide bonds. The Labute approximate surface area is 130 Å². The lowest BCUT2D eigenvalue weighted by Crippen LogP contribution is -2.30. The Kier molecular flexibility index (Phi) is 5.61. The van der Waals surface area contributed by atoms with Crippen LogP contribution in [0, 0.1) is 6.92 Å². The van der Waals surface area contributed by atoms with Crippen LogP contribution in [0.15, 0.2) is 35.7 Å². The SMILES string of the molecule is Cc1cc(Cl)ccc1CNCC(c1cccs1)N(C)C. The van der Waals surface area contributed by atoms with Crippen LogP contribution < -0.4 is 5.32 Å². The van der Waals surface area contributed by atoms with Gasteiger partial charge in [-0.15, -0.1) is 11.3 Å². The van der Waals surface area contributed by atoms with Crippen molar-refractivity contribution in [3.05, 3.63) is 56.7 Å². The Morgan fingerprint density at radius 2 is 2.10 bits per heavy atom. The molecule has 1 atom stereocenters. The fourth-order valence-corrected chi connectivity index (χ4v) is 3.37. The number of halogens is 1. The van der Waals surface area contributed by atoms with Crippen molar-refractivity contribution in [2.75, 3.05) is 20.6 Å². The van der Waals surface area contributed by atoms with E-state index in [0.29, 0.717) is 6.04 Å². The maximum absolute atomic E-state index is 5.98. The molecule has 1 aromatic heterocycles. The third-order valence-electron chi connectivity index (χ3n) is 3.45. The van der Waals surface area contributed by atoms with Crippen LogP contribution in [0.25, 0.3) is 0 Å². The molecule has 0 aliphatic heterocycles. The third kappa shape index (κ3) is 4.06. The molecule has 2 aromatic rings. The maximum atomic E-state index is 5.98. The number of nitrogens with zero attached hydrogens (tertiary/aromatic N) is 1. The van der Waals surface area contributed by atoms with E-state index in [4.69, 9.17) is 11.6 Å². The first-order valence-electron chi connectivity index (χ1n) is 6.73. The molecule has 4 heteroatoms. The Morgan fingerprint density at radius 1 is 1.30 bits per heavy atom. The van der Waals surface area contributed by atoms with Gasteiger partial charge in [0.05, 0.1) is 6.04 Å². The normalized spacial score (nSPS) is 12.8. The Hall–Kier alpha value is -0.870. The second-order valence-electron chi connectivity index (χ2n) is 5.20. The highest BCUT2D eigenvalue weighted by molar-refractivity contribution is 7.10. The summed E-state index contributed by atoms with van der Waals surface area (Å²) in [6, 6.07) is 10.8. The van der Waals surface area contributed by atoms with Gasteiger partial charge in [0.15, 0.2) is 0 Å². The van der Waals surface area contributed by atoms with E-state index in [1.165, 1.54) is 16.0 Å². The van der Waals surface area contributed by atoms with Gasteiger partial charge < -0.3 is 10.2 Å². The molecule has 0 spiro atoms. The Morgan fingerprint density at radius 3 is 2.70 bits per heavy atom. The lowest BCUT2D eigenvalue weighted by Gasteiger charge is -2.23. The van der Waals surface area contributed by atoms with Crippen LogP contribution in [0.3, 0.4) is 0 Å². The summed E-state index contributed by atoms with van der Waals surface area (Å²) in [5.41, 5.74) is 2.54. The molecular weight excluding hydrogens is 288 g/mol. The fraction of sp³-hybridized carbons (Fsp3) is 0.375. The monoisotopic (exact) mass is 308 g/mol. The largest absolute Gasteiger partial charge is 0.311 e. The van der Waals surface area contributed by atoms with Crippen LogP contribution >= 0.6 is 22.9 Å². The molecule has 2 rings (SSSR count). The lowest BCUT2D eigenvalue weighted by molar-refractivity contribution is 0.292. The first-order chi connectivity index (χ1) is 9.58. The minimum atomic E-state index is 0.419. The van der Waals surface area contributed by atoms with Gasteiger partial charge in [0.25, 0.3) is 0 Å². The molecule has 0 saturated heterocycles. The molecule has 0 bridgehead atoms. The van der Waals surface area contributed by atoms with Crippen molar-refractivity contribution in [3.8, 4) is 0 Å². The van der Waals surface area contributed by atoms with Gasteiger partial charge in [0, 0.05) is 23.0 Å². The first kappa shape index (κ1) is 15.5. The van der Waals surface area contributed by atoms with Gasteiger partial charge in [-0.05, 0) is 55.7 Å². The van der Waals surface area contributed by atoms with Crippen molar-refractivity contribution >= 4 is 22.9 Å². The summed E-state index contributed by atoms with van der Waals surface area (Å²) in [5.74, 6) is 0. The van der Waals surface area contributed by atoms with Crippen molar-refractivity contribution in [2.45, 2.75) is 19.5 Å². The molecule has 0 aliphatic carbocycles. The smallest absolute Gasteiger partial charge is 0.0561 e. The molecule has 108 valence electrons. The Bertz CT molecular complexity index is 537. The van der Waals surface area contributed by atoms with E-state index < -0.39 is 0 Å². The average Bonchev–Trinajstić information content (AvgIpc) is 2.90.